The number of halogens is 1. The minimum atomic E-state index is -0.366. The average Bonchev–Trinajstić information content (AvgIpc) is 2.46. The molecule has 0 unspecified atom stereocenters. The summed E-state index contributed by atoms with van der Waals surface area (Å²) in [7, 11) is 0. The summed E-state index contributed by atoms with van der Waals surface area (Å²) in [5, 5.41) is 3.02. The van der Waals surface area contributed by atoms with E-state index in [0.29, 0.717) is 10.9 Å². The number of hydrogen-bond donors (Lipinski definition) is 1. The van der Waals surface area contributed by atoms with Crippen LogP contribution in [0.4, 0.5) is 4.39 Å². The Morgan fingerprint density at radius 1 is 1.43 bits per heavy atom. The molecule has 0 saturated carbocycles. The molecule has 0 saturated heterocycles. The van der Waals surface area contributed by atoms with E-state index >= 15 is 0 Å². The fraction of sp³-hybridized carbons (Fsp3) is 0.300. The number of nitrogens with zero attached hydrogens (tertiary/aromatic N) is 1. The molecule has 1 aromatic heterocycles. The summed E-state index contributed by atoms with van der Waals surface area (Å²) in [6.45, 7) is 3.78. The van der Waals surface area contributed by atoms with Crippen LogP contribution in [0.25, 0.3) is 10.9 Å². The van der Waals surface area contributed by atoms with Gasteiger partial charge in [0.2, 0.25) is 0 Å². The highest BCUT2D eigenvalue weighted by molar-refractivity contribution is 5.79. The van der Waals surface area contributed by atoms with Gasteiger partial charge in [-0.2, -0.15) is 0 Å². The number of para-hydroxylation sites is 1. The minimum absolute atomic E-state index is 0.0390. The second kappa shape index (κ2) is 2.97. The number of aromatic nitrogens is 2. The molecule has 0 radical (unpaired) electrons. The van der Waals surface area contributed by atoms with Crippen molar-refractivity contribution >= 4 is 10.9 Å². The number of rotatable bonds is 1. The lowest BCUT2D eigenvalue weighted by Crippen LogP contribution is -2.07. The zero-order chi connectivity index (χ0) is 10.3. The molecule has 0 amide bonds. The van der Waals surface area contributed by atoms with E-state index in [1.54, 1.807) is 10.7 Å². The average molecular weight is 194 g/mol. The van der Waals surface area contributed by atoms with Gasteiger partial charge in [-0.15, -0.1) is 0 Å². The van der Waals surface area contributed by atoms with Crippen LogP contribution in [0.2, 0.25) is 0 Å². The topological polar surface area (TPSA) is 37.8 Å². The van der Waals surface area contributed by atoms with Crippen LogP contribution >= 0.6 is 0 Å². The minimum Gasteiger partial charge on any atom is -0.279 e. The molecule has 0 aliphatic rings. The Morgan fingerprint density at radius 2 is 2.14 bits per heavy atom. The monoisotopic (exact) mass is 194 g/mol. The third kappa shape index (κ3) is 1.14. The quantitative estimate of drug-likeness (QED) is 0.741. The van der Waals surface area contributed by atoms with E-state index in [2.05, 4.69) is 5.10 Å². The first-order valence-electron chi connectivity index (χ1n) is 4.50. The van der Waals surface area contributed by atoms with Crippen molar-refractivity contribution < 1.29 is 4.39 Å². The van der Waals surface area contributed by atoms with Gasteiger partial charge in [0.15, 0.2) is 0 Å². The lowest BCUT2D eigenvalue weighted by Gasteiger charge is -2.07. The van der Waals surface area contributed by atoms with Crippen molar-refractivity contribution in [2.75, 3.05) is 0 Å². The van der Waals surface area contributed by atoms with Crippen LogP contribution in [0.5, 0.6) is 0 Å². The van der Waals surface area contributed by atoms with Gasteiger partial charge in [0.05, 0.1) is 5.39 Å². The van der Waals surface area contributed by atoms with Gasteiger partial charge in [0, 0.05) is 6.04 Å². The van der Waals surface area contributed by atoms with Crippen LogP contribution in [0.15, 0.2) is 23.0 Å². The number of hydrogen-bond acceptors (Lipinski definition) is 1. The highest BCUT2D eigenvalue weighted by Crippen LogP contribution is 2.17. The van der Waals surface area contributed by atoms with E-state index in [1.807, 2.05) is 13.8 Å². The van der Waals surface area contributed by atoms with Crippen molar-refractivity contribution in [1.29, 1.82) is 0 Å². The fourth-order valence-corrected chi connectivity index (χ4v) is 1.56. The summed E-state index contributed by atoms with van der Waals surface area (Å²) in [6.07, 6.45) is 0. The van der Waals surface area contributed by atoms with Crippen molar-refractivity contribution in [2.24, 2.45) is 0 Å². The molecule has 2 aromatic rings. The molecule has 0 spiro atoms. The number of benzene rings is 1. The van der Waals surface area contributed by atoms with E-state index in [1.165, 1.54) is 12.1 Å². The first-order chi connectivity index (χ1) is 6.61. The van der Waals surface area contributed by atoms with E-state index in [4.69, 9.17) is 0 Å². The van der Waals surface area contributed by atoms with Gasteiger partial charge in [-0.25, -0.2) is 4.39 Å². The summed E-state index contributed by atoms with van der Waals surface area (Å²) < 4.78 is 15.0. The molecule has 0 bridgehead atoms. The smallest absolute Gasteiger partial charge is 0.272 e. The Hall–Kier alpha value is -1.58. The first-order valence-corrected chi connectivity index (χ1v) is 4.50. The number of aromatic amines is 1. The molecule has 3 nitrogen and oxygen atoms in total. The van der Waals surface area contributed by atoms with Crippen molar-refractivity contribution in [3.63, 3.8) is 0 Å². The predicted octanol–water partition coefficient (Wildman–Crippen LogP) is 2.05. The molecule has 0 aliphatic heterocycles. The third-order valence-corrected chi connectivity index (χ3v) is 2.21. The van der Waals surface area contributed by atoms with E-state index in [9.17, 15) is 9.18 Å². The van der Waals surface area contributed by atoms with E-state index in [0.717, 1.165) is 0 Å². The Balaban J connectivity index is 2.93. The van der Waals surface area contributed by atoms with Crippen LogP contribution in [-0.4, -0.2) is 9.78 Å². The molecule has 1 heterocycles. The molecular weight excluding hydrogens is 183 g/mol. The van der Waals surface area contributed by atoms with Crippen LogP contribution in [0.1, 0.15) is 19.9 Å². The first kappa shape index (κ1) is 8.99. The van der Waals surface area contributed by atoms with Gasteiger partial charge in [-0.3, -0.25) is 14.6 Å². The van der Waals surface area contributed by atoms with Gasteiger partial charge in [-0.05, 0) is 26.0 Å². The molecule has 0 fully saturated rings. The van der Waals surface area contributed by atoms with Gasteiger partial charge >= 0.3 is 0 Å². The van der Waals surface area contributed by atoms with Crippen molar-refractivity contribution in [3.05, 3.63) is 34.4 Å². The Labute approximate surface area is 80.1 Å². The van der Waals surface area contributed by atoms with Crippen LogP contribution in [0, 0.1) is 5.82 Å². The standard InChI is InChI=1S/C10H11FN2O/c1-6(2)13-9-7(10(14)12-13)4-3-5-8(9)11/h3-6H,1-2H3,(H,12,14). The predicted molar refractivity (Wildman–Crippen MR) is 52.9 cm³/mol. The second-order valence-electron chi connectivity index (χ2n) is 3.54. The van der Waals surface area contributed by atoms with Crippen LogP contribution in [-0.2, 0) is 0 Å². The SMILES string of the molecule is CC(C)n1[nH]c(=O)c2cccc(F)c21. The van der Waals surface area contributed by atoms with Gasteiger partial charge in [-0.1, -0.05) is 6.07 Å². The highest BCUT2D eigenvalue weighted by atomic mass is 19.1. The van der Waals surface area contributed by atoms with Crippen molar-refractivity contribution in [2.45, 2.75) is 19.9 Å². The lowest BCUT2D eigenvalue weighted by molar-refractivity contribution is 0.531. The molecule has 14 heavy (non-hydrogen) atoms. The van der Waals surface area contributed by atoms with Crippen molar-refractivity contribution in [1.82, 2.24) is 9.78 Å². The maximum absolute atomic E-state index is 13.4. The number of nitrogens with one attached hydrogen (secondary N) is 1. The van der Waals surface area contributed by atoms with Gasteiger partial charge in [0.25, 0.3) is 5.56 Å². The van der Waals surface area contributed by atoms with E-state index in [-0.39, 0.29) is 17.4 Å². The van der Waals surface area contributed by atoms with Crippen LogP contribution in [0.3, 0.4) is 0 Å². The third-order valence-electron chi connectivity index (χ3n) is 2.21. The second-order valence-corrected chi connectivity index (χ2v) is 3.54. The Bertz CT molecular complexity index is 524. The highest BCUT2D eigenvalue weighted by Gasteiger charge is 2.11. The molecule has 2 rings (SSSR count). The van der Waals surface area contributed by atoms with E-state index < -0.39 is 0 Å². The van der Waals surface area contributed by atoms with Crippen LogP contribution < -0.4 is 5.56 Å². The molecule has 74 valence electrons. The van der Waals surface area contributed by atoms with Crippen molar-refractivity contribution in [3.8, 4) is 0 Å². The summed E-state index contributed by atoms with van der Waals surface area (Å²) >= 11 is 0. The Kier molecular flexibility index (Phi) is 1.91. The lowest BCUT2D eigenvalue weighted by atomic mass is 10.2. The Morgan fingerprint density at radius 3 is 2.79 bits per heavy atom. The fourth-order valence-electron chi connectivity index (χ4n) is 1.56. The molecular formula is C10H11FN2O. The largest absolute Gasteiger partial charge is 0.279 e. The molecule has 1 N–H and O–H groups in total. The molecule has 1 aromatic carbocycles. The molecule has 0 aliphatic carbocycles. The summed E-state index contributed by atoms with van der Waals surface area (Å²) in [4.78, 5) is 11.4. The summed E-state index contributed by atoms with van der Waals surface area (Å²) in [5.41, 5.74) is 0.112. The zero-order valence-electron chi connectivity index (χ0n) is 8.04. The normalized spacial score (nSPS) is 11.4. The maximum Gasteiger partial charge on any atom is 0.272 e. The van der Waals surface area contributed by atoms with Gasteiger partial charge in [0.1, 0.15) is 11.3 Å². The molecule has 4 heteroatoms. The summed E-state index contributed by atoms with van der Waals surface area (Å²) in [6, 6.07) is 4.56. The molecule has 0 atom stereocenters. The number of H-pyrrole nitrogens is 1. The number of fused-ring (bicyclic) bond motifs is 1. The van der Waals surface area contributed by atoms with Gasteiger partial charge < -0.3 is 0 Å². The zero-order valence-corrected chi connectivity index (χ0v) is 8.04. The maximum atomic E-state index is 13.4. The summed E-state index contributed by atoms with van der Waals surface area (Å²) in [5.74, 6) is -0.366.